The van der Waals surface area contributed by atoms with Gasteiger partial charge in [-0.2, -0.15) is 5.10 Å². The van der Waals surface area contributed by atoms with Crippen molar-refractivity contribution in [2.45, 2.75) is 12.7 Å². The highest BCUT2D eigenvalue weighted by Crippen LogP contribution is 2.43. The van der Waals surface area contributed by atoms with Crippen molar-refractivity contribution in [3.8, 4) is 22.3 Å². The van der Waals surface area contributed by atoms with Gasteiger partial charge in [0.25, 0.3) is 0 Å². The van der Waals surface area contributed by atoms with E-state index in [0.717, 1.165) is 83.0 Å². The number of hydrogen-bond donors (Lipinski definition) is 3. The molecule has 2 aliphatic rings. The number of halogens is 1. The number of H-pyrrole nitrogens is 1. The van der Waals surface area contributed by atoms with Gasteiger partial charge in [0.1, 0.15) is 12.0 Å². The van der Waals surface area contributed by atoms with Gasteiger partial charge in [0, 0.05) is 73.4 Å². The number of aromatic amines is 1. The lowest BCUT2D eigenvalue weighted by molar-refractivity contribution is 0.148. The van der Waals surface area contributed by atoms with Crippen molar-refractivity contribution >= 4 is 22.4 Å². The minimum absolute atomic E-state index is 0.217. The Bertz CT molecular complexity index is 1640. The zero-order valence-corrected chi connectivity index (χ0v) is 21.7. The molecule has 196 valence electrons. The Hall–Kier alpha value is -4.34. The van der Waals surface area contributed by atoms with E-state index in [1.165, 1.54) is 0 Å². The molecule has 0 saturated carbocycles. The Morgan fingerprint density at radius 1 is 0.923 bits per heavy atom. The highest BCUT2D eigenvalue weighted by molar-refractivity contribution is 5.92. The number of hydrogen-bond acceptors (Lipinski definition) is 7. The number of aromatic nitrogens is 4. The van der Waals surface area contributed by atoms with Crippen molar-refractivity contribution in [2.75, 3.05) is 43.9 Å². The zero-order valence-electron chi connectivity index (χ0n) is 21.7. The van der Waals surface area contributed by atoms with Crippen LogP contribution < -0.4 is 10.6 Å². The molecule has 0 amide bonds. The summed E-state index contributed by atoms with van der Waals surface area (Å²) in [6.45, 7) is 4.80. The standard InChI is InChI=1S/C30H29FN8/c1-38-8-10-39(11-9-38)18-19-12-21(14-23(31)13-19)24-5-2-6-26-27(24)35-30(34-26)28-25-15-22(17-33-29(25)37-36-28)20-4-3-7-32-16-20/h2-7,12-17,30,34-35H,8-11,18H2,1H3,(H,33,36,37). The van der Waals surface area contributed by atoms with Crippen LogP contribution >= 0.6 is 0 Å². The number of fused-ring (bicyclic) bond motifs is 2. The van der Waals surface area contributed by atoms with Crippen molar-refractivity contribution in [2.24, 2.45) is 0 Å². The lowest BCUT2D eigenvalue weighted by Gasteiger charge is -2.32. The van der Waals surface area contributed by atoms with Crippen LogP contribution in [0.3, 0.4) is 0 Å². The molecule has 39 heavy (non-hydrogen) atoms. The van der Waals surface area contributed by atoms with Gasteiger partial charge in [-0.3, -0.25) is 15.0 Å². The molecule has 3 aromatic heterocycles. The second-order valence-corrected chi connectivity index (χ2v) is 10.4. The molecule has 0 radical (unpaired) electrons. The van der Waals surface area contributed by atoms with E-state index in [1.54, 1.807) is 18.3 Å². The van der Waals surface area contributed by atoms with Gasteiger partial charge in [0.15, 0.2) is 5.65 Å². The molecule has 1 atom stereocenters. The predicted molar refractivity (Wildman–Crippen MR) is 152 cm³/mol. The van der Waals surface area contributed by atoms with Crippen molar-refractivity contribution in [1.29, 1.82) is 0 Å². The summed E-state index contributed by atoms with van der Waals surface area (Å²) >= 11 is 0. The number of para-hydroxylation sites is 1. The van der Waals surface area contributed by atoms with Crippen LogP contribution in [0.1, 0.15) is 17.4 Å². The fraction of sp³-hybridized carbons (Fsp3) is 0.233. The fourth-order valence-corrected chi connectivity index (χ4v) is 5.54. The lowest BCUT2D eigenvalue weighted by atomic mass is 10.00. The SMILES string of the molecule is CN1CCN(Cc2cc(F)cc(-c3cccc4c3NC(c3[nH]nc5ncc(-c6cccnc6)cc35)N4)c2)CC1. The van der Waals surface area contributed by atoms with Crippen molar-refractivity contribution < 1.29 is 4.39 Å². The van der Waals surface area contributed by atoms with Gasteiger partial charge in [0.2, 0.25) is 0 Å². The zero-order chi connectivity index (χ0) is 26.3. The van der Waals surface area contributed by atoms with Crippen LogP contribution in [0.2, 0.25) is 0 Å². The Kier molecular flexibility index (Phi) is 5.94. The van der Waals surface area contributed by atoms with Crippen LogP contribution in [-0.2, 0) is 6.54 Å². The Balaban J connectivity index is 1.19. The van der Waals surface area contributed by atoms with E-state index in [0.29, 0.717) is 5.65 Å². The van der Waals surface area contributed by atoms with Crippen LogP contribution in [0.25, 0.3) is 33.3 Å². The molecule has 9 heteroatoms. The Morgan fingerprint density at radius 3 is 2.67 bits per heavy atom. The van der Waals surface area contributed by atoms with E-state index < -0.39 is 0 Å². The van der Waals surface area contributed by atoms with Crippen LogP contribution in [-0.4, -0.2) is 63.2 Å². The molecule has 0 spiro atoms. The number of piperazine rings is 1. The Morgan fingerprint density at radius 2 is 1.82 bits per heavy atom. The number of rotatable bonds is 5. The number of anilines is 2. The maximum absolute atomic E-state index is 14.8. The maximum atomic E-state index is 14.8. The van der Waals surface area contributed by atoms with E-state index in [9.17, 15) is 4.39 Å². The van der Waals surface area contributed by atoms with Gasteiger partial charge in [0.05, 0.1) is 17.1 Å². The monoisotopic (exact) mass is 520 g/mol. The quantitative estimate of drug-likeness (QED) is 0.297. The summed E-state index contributed by atoms with van der Waals surface area (Å²) in [4.78, 5) is 13.5. The molecule has 2 aromatic carbocycles. The molecule has 3 N–H and O–H groups in total. The van der Waals surface area contributed by atoms with Crippen LogP contribution in [0.15, 0.2) is 73.2 Å². The topological polar surface area (TPSA) is 85.0 Å². The summed E-state index contributed by atoms with van der Waals surface area (Å²) in [5.41, 5.74) is 8.22. The van der Waals surface area contributed by atoms with Gasteiger partial charge in [-0.15, -0.1) is 0 Å². The fourth-order valence-electron chi connectivity index (χ4n) is 5.54. The molecular formula is C30H29FN8. The predicted octanol–water partition coefficient (Wildman–Crippen LogP) is 5.11. The third kappa shape index (κ3) is 4.60. The van der Waals surface area contributed by atoms with Crippen LogP contribution in [0.5, 0.6) is 0 Å². The molecule has 8 nitrogen and oxygen atoms in total. The number of likely N-dealkylation sites (N-methyl/N-ethyl adjacent to an activating group) is 1. The molecule has 1 saturated heterocycles. The molecule has 0 bridgehead atoms. The normalized spacial score (nSPS) is 17.6. The summed E-state index contributed by atoms with van der Waals surface area (Å²) in [7, 11) is 2.14. The summed E-state index contributed by atoms with van der Waals surface area (Å²) in [6.07, 6.45) is 5.16. The molecule has 2 aliphatic heterocycles. The largest absolute Gasteiger partial charge is 0.359 e. The minimum Gasteiger partial charge on any atom is -0.359 e. The van der Waals surface area contributed by atoms with E-state index >= 15 is 0 Å². The summed E-state index contributed by atoms with van der Waals surface area (Å²) in [6, 6.07) is 17.5. The van der Waals surface area contributed by atoms with Gasteiger partial charge in [-0.05, 0) is 54.6 Å². The molecule has 1 fully saturated rings. The molecule has 0 aliphatic carbocycles. The third-order valence-corrected chi connectivity index (χ3v) is 7.65. The van der Waals surface area contributed by atoms with Crippen molar-refractivity contribution in [1.82, 2.24) is 30.0 Å². The smallest absolute Gasteiger partial charge is 0.181 e. The second-order valence-electron chi connectivity index (χ2n) is 10.4. The minimum atomic E-state index is -0.240. The molecule has 5 heterocycles. The van der Waals surface area contributed by atoms with E-state index in [2.05, 4.69) is 59.8 Å². The van der Waals surface area contributed by atoms with E-state index in [4.69, 9.17) is 0 Å². The first-order valence-electron chi connectivity index (χ1n) is 13.2. The second kappa shape index (κ2) is 9.76. The van der Waals surface area contributed by atoms with Gasteiger partial charge in [-0.1, -0.05) is 18.2 Å². The molecule has 5 aromatic rings. The van der Waals surface area contributed by atoms with E-state index in [1.807, 2.05) is 42.7 Å². The van der Waals surface area contributed by atoms with E-state index in [-0.39, 0.29) is 12.0 Å². The summed E-state index contributed by atoms with van der Waals surface area (Å²) in [5.74, 6) is -0.217. The van der Waals surface area contributed by atoms with Gasteiger partial charge in [-0.25, -0.2) is 9.37 Å². The Labute approximate surface area is 225 Å². The highest BCUT2D eigenvalue weighted by Gasteiger charge is 2.27. The highest BCUT2D eigenvalue weighted by atomic mass is 19.1. The number of nitrogens with zero attached hydrogens (tertiary/aromatic N) is 5. The maximum Gasteiger partial charge on any atom is 0.181 e. The van der Waals surface area contributed by atoms with Gasteiger partial charge < -0.3 is 15.5 Å². The molecule has 7 rings (SSSR count). The van der Waals surface area contributed by atoms with Crippen LogP contribution in [0, 0.1) is 5.82 Å². The van der Waals surface area contributed by atoms with Crippen molar-refractivity contribution in [3.63, 3.8) is 0 Å². The first-order chi connectivity index (χ1) is 19.1. The average Bonchev–Trinajstić information content (AvgIpc) is 3.58. The lowest BCUT2D eigenvalue weighted by Crippen LogP contribution is -2.43. The first-order valence-corrected chi connectivity index (χ1v) is 13.2. The molecule has 1 unspecified atom stereocenters. The number of benzene rings is 2. The molecular weight excluding hydrogens is 491 g/mol. The average molecular weight is 521 g/mol. The summed E-state index contributed by atoms with van der Waals surface area (Å²) in [5, 5.41) is 15.7. The number of nitrogens with one attached hydrogen (secondary N) is 3. The number of pyridine rings is 2. The van der Waals surface area contributed by atoms with Crippen LogP contribution in [0.4, 0.5) is 15.8 Å². The van der Waals surface area contributed by atoms with Gasteiger partial charge >= 0.3 is 0 Å². The van der Waals surface area contributed by atoms with Crippen molar-refractivity contribution in [3.05, 3.63) is 90.3 Å². The third-order valence-electron chi connectivity index (χ3n) is 7.65. The first kappa shape index (κ1) is 23.8. The summed E-state index contributed by atoms with van der Waals surface area (Å²) < 4.78 is 14.8.